The minimum Gasteiger partial charge on any atom is -0.821 e. The normalized spacial score (nSPS) is 12.0. The third kappa shape index (κ3) is 8.41. The summed E-state index contributed by atoms with van der Waals surface area (Å²) in [7, 11) is 6.51. The van der Waals surface area contributed by atoms with Gasteiger partial charge in [-0.1, -0.05) is 42.5 Å². The topological polar surface area (TPSA) is 84.6 Å². The molecule has 0 saturated carbocycles. The van der Waals surface area contributed by atoms with Crippen molar-refractivity contribution in [3.05, 3.63) is 162 Å². The summed E-state index contributed by atoms with van der Waals surface area (Å²) in [5.41, 5.74) is 3.61. The molecule has 8 heteroatoms. The van der Waals surface area contributed by atoms with Gasteiger partial charge >= 0.3 is 0 Å². The van der Waals surface area contributed by atoms with Gasteiger partial charge in [-0.3, -0.25) is 4.99 Å². The molecule has 0 fully saturated rings. The Bertz CT molecular complexity index is 1720. The van der Waals surface area contributed by atoms with Crippen LogP contribution in [0.15, 0.2) is 145 Å². The van der Waals surface area contributed by atoms with Gasteiger partial charge in [-0.15, -0.1) is 0 Å². The summed E-state index contributed by atoms with van der Waals surface area (Å²) in [6.45, 7) is 0. The summed E-state index contributed by atoms with van der Waals surface area (Å²) >= 11 is 0. The number of benzene rings is 5. The van der Waals surface area contributed by atoms with Gasteiger partial charge in [0.15, 0.2) is 12.1 Å². The van der Waals surface area contributed by atoms with Crippen LogP contribution in [0.4, 0.5) is 0 Å². The quantitative estimate of drug-likeness (QED) is 0.0738. The van der Waals surface area contributed by atoms with Crippen molar-refractivity contribution in [1.82, 2.24) is 0 Å². The van der Waals surface area contributed by atoms with Crippen molar-refractivity contribution in [2.45, 2.75) is 12.1 Å². The van der Waals surface area contributed by atoms with Crippen LogP contribution in [0.1, 0.15) is 34.3 Å². The molecule has 0 aliphatic carbocycles. The molecule has 5 aromatic rings. The Balaban J connectivity index is 1.63. The molecule has 0 saturated heterocycles. The lowest BCUT2D eigenvalue weighted by molar-refractivity contribution is -0.623. The second-order valence-corrected chi connectivity index (χ2v) is 10.6. The zero-order chi connectivity index (χ0) is 33.7. The molecule has 244 valence electrons. The summed E-state index contributed by atoms with van der Waals surface area (Å²) in [4.78, 5) is 4.99. The standard InChI is InChI=1S/C40H38N2O6/c1-44-33-18-10-29(11-19-33)39(30-12-20-34(45-2)21-13-30)41-26-27-42(38(43)28-48-37-8-6-5-7-9-37)40(31-14-22-35(46-3)23-15-31)32-16-24-36(47-4)25-17-32/h5-28,39-40H,1-4H3/b38-28-,41-26?,42-27+. The van der Waals surface area contributed by atoms with Gasteiger partial charge in [-0.05, 0) is 96.1 Å². The fourth-order valence-corrected chi connectivity index (χ4v) is 5.18. The average Bonchev–Trinajstić information content (AvgIpc) is 3.16. The van der Waals surface area contributed by atoms with Gasteiger partial charge in [-0.2, -0.15) is 4.58 Å². The van der Waals surface area contributed by atoms with E-state index in [0.29, 0.717) is 17.2 Å². The molecule has 5 aromatic carbocycles. The van der Waals surface area contributed by atoms with Crippen LogP contribution in [0.2, 0.25) is 0 Å². The Morgan fingerprint density at radius 1 is 0.542 bits per heavy atom. The molecule has 0 bridgehead atoms. The monoisotopic (exact) mass is 642 g/mol. The van der Waals surface area contributed by atoms with Crippen LogP contribution in [-0.4, -0.2) is 45.4 Å². The third-order valence-electron chi connectivity index (χ3n) is 7.76. The molecule has 0 unspecified atom stereocenters. The van der Waals surface area contributed by atoms with Gasteiger partial charge < -0.3 is 28.8 Å². The maximum Gasteiger partial charge on any atom is 0.208 e. The number of rotatable bonds is 14. The molecule has 0 atom stereocenters. The number of ether oxygens (including phenoxy) is 5. The number of nitrogens with zero attached hydrogens (tertiary/aromatic N) is 2. The van der Waals surface area contributed by atoms with Crippen LogP contribution in [0.25, 0.3) is 0 Å². The highest BCUT2D eigenvalue weighted by molar-refractivity contribution is 6.13. The molecule has 0 spiro atoms. The number of hydrogen-bond donors (Lipinski definition) is 0. The highest BCUT2D eigenvalue weighted by Gasteiger charge is 2.26. The lowest BCUT2D eigenvalue weighted by Crippen LogP contribution is -2.28. The van der Waals surface area contributed by atoms with E-state index in [-0.39, 0.29) is 11.9 Å². The fraction of sp³-hybridized carbons (Fsp3) is 0.150. The molecule has 5 rings (SSSR count). The first-order valence-corrected chi connectivity index (χ1v) is 15.3. The van der Waals surface area contributed by atoms with Gasteiger partial charge in [0, 0.05) is 11.1 Å². The lowest BCUT2D eigenvalue weighted by Gasteiger charge is -2.21. The third-order valence-corrected chi connectivity index (χ3v) is 7.76. The van der Waals surface area contributed by atoms with Crippen LogP contribution in [0, 0.1) is 0 Å². The SMILES string of the molecule is COc1ccc(C(N=C/C=[N+](\C([O-])=C\Oc2ccccc2)C(c2ccc(OC)cc2)c2ccc(OC)cc2)c2ccc(OC)cc2)cc1. The number of aliphatic imine (C=N–C) groups is 1. The van der Waals surface area contributed by atoms with E-state index in [2.05, 4.69) is 0 Å². The molecule has 8 nitrogen and oxygen atoms in total. The highest BCUT2D eigenvalue weighted by Crippen LogP contribution is 2.31. The zero-order valence-electron chi connectivity index (χ0n) is 27.4. The first-order valence-electron chi connectivity index (χ1n) is 15.3. The van der Waals surface area contributed by atoms with E-state index < -0.39 is 6.04 Å². The predicted octanol–water partition coefficient (Wildman–Crippen LogP) is 6.99. The summed E-state index contributed by atoms with van der Waals surface area (Å²) in [5.74, 6) is 3.06. The van der Waals surface area contributed by atoms with Gasteiger partial charge in [0.1, 0.15) is 41.1 Å². The number of methoxy groups -OCH3 is 4. The summed E-state index contributed by atoms with van der Waals surface area (Å²) in [5, 5.41) is 14.1. The van der Waals surface area contributed by atoms with Crippen LogP contribution < -0.4 is 28.8 Å². The molecule has 0 radical (unpaired) electrons. The maximum atomic E-state index is 14.1. The summed E-state index contributed by atoms with van der Waals surface area (Å²) < 4.78 is 29.0. The van der Waals surface area contributed by atoms with Crippen molar-refractivity contribution in [2.24, 2.45) is 4.99 Å². The van der Waals surface area contributed by atoms with Crippen molar-refractivity contribution >= 4 is 12.4 Å². The summed E-state index contributed by atoms with van der Waals surface area (Å²) in [6, 6.07) is 39.0. The van der Waals surface area contributed by atoms with E-state index in [4.69, 9.17) is 28.7 Å². The minimum atomic E-state index is -0.545. The zero-order valence-corrected chi connectivity index (χ0v) is 27.4. The van der Waals surface area contributed by atoms with E-state index in [1.54, 1.807) is 57.6 Å². The van der Waals surface area contributed by atoms with Crippen LogP contribution in [0.3, 0.4) is 0 Å². The Kier molecular flexibility index (Phi) is 11.5. The van der Waals surface area contributed by atoms with Crippen LogP contribution >= 0.6 is 0 Å². The van der Waals surface area contributed by atoms with Crippen LogP contribution in [-0.2, 0) is 0 Å². The Morgan fingerprint density at radius 3 is 1.33 bits per heavy atom. The molecule has 0 N–H and O–H groups in total. The van der Waals surface area contributed by atoms with Gasteiger partial charge in [0.2, 0.25) is 6.04 Å². The van der Waals surface area contributed by atoms with E-state index in [1.807, 2.05) is 115 Å². The largest absolute Gasteiger partial charge is 0.821 e. The van der Waals surface area contributed by atoms with Gasteiger partial charge in [-0.25, -0.2) is 0 Å². The first-order chi connectivity index (χ1) is 23.5. The van der Waals surface area contributed by atoms with E-state index in [1.165, 1.54) is 6.26 Å². The highest BCUT2D eigenvalue weighted by atomic mass is 16.5. The smallest absolute Gasteiger partial charge is 0.208 e. The molecule has 0 aliphatic rings. The molecule has 0 aromatic heterocycles. The van der Waals surface area contributed by atoms with E-state index >= 15 is 0 Å². The molecule has 0 heterocycles. The molecule has 0 amide bonds. The van der Waals surface area contributed by atoms with Crippen molar-refractivity contribution < 1.29 is 33.4 Å². The Morgan fingerprint density at radius 2 is 0.938 bits per heavy atom. The van der Waals surface area contributed by atoms with Crippen molar-refractivity contribution in [3.8, 4) is 28.7 Å². The first kappa shape index (κ1) is 33.3. The lowest BCUT2D eigenvalue weighted by atomic mass is 9.97. The Labute approximate surface area is 281 Å². The minimum absolute atomic E-state index is 0.375. The maximum absolute atomic E-state index is 14.1. The molecule has 48 heavy (non-hydrogen) atoms. The molecule has 0 aliphatic heterocycles. The van der Waals surface area contributed by atoms with Crippen molar-refractivity contribution in [2.75, 3.05) is 28.4 Å². The van der Waals surface area contributed by atoms with Gasteiger partial charge in [0.25, 0.3) is 0 Å². The second kappa shape index (κ2) is 16.5. The molecular weight excluding hydrogens is 604 g/mol. The van der Waals surface area contributed by atoms with Crippen LogP contribution in [0.5, 0.6) is 28.7 Å². The van der Waals surface area contributed by atoms with Crippen molar-refractivity contribution in [3.63, 3.8) is 0 Å². The van der Waals surface area contributed by atoms with E-state index in [9.17, 15) is 5.11 Å². The number of hydrogen-bond acceptors (Lipinski definition) is 7. The van der Waals surface area contributed by atoms with E-state index in [0.717, 1.165) is 33.8 Å². The number of para-hydroxylation sites is 1. The van der Waals surface area contributed by atoms with Gasteiger partial charge in [0.05, 0.1) is 34.7 Å². The summed E-state index contributed by atoms with van der Waals surface area (Å²) in [6.07, 6.45) is 4.56. The molecular formula is C40H38N2O6. The average molecular weight is 643 g/mol. The van der Waals surface area contributed by atoms with Crippen molar-refractivity contribution in [1.29, 1.82) is 0 Å². The second-order valence-electron chi connectivity index (χ2n) is 10.6. The Hall–Kier alpha value is -6.02. The predicted molar refractivity (Wildman–Crippen MR) is 186 cm³/mol. The fourth-order valence-electron chi connectivity index (χ4n) is 5.18.